The highest BCUT2D eigenvalue weighted by molar-refractivity contribution is 6.30. The molecule has 1 rings (SSSR count). The molecule has 1 aromatic rings. The summed E-state index contributed by atoms with van der Waals surface area (Å²) < 4.78 is 24.0. The monoisotopic (exact) mass is 331 g/mol. The van der Waals surface area contributed by atoms with Crippen molar-refractivity contribution in [1.29, 1.82) is 0 Å². The Labute approximate surface area is 135 Å². The van der Waals surface area contributed by atoms with E-state index >= 15 is 0 Å². The predicted molar refractivity (Wildman–Crippen MR) is 85.1 cm³/mol. The molecule has 22 heavy (non-hydrogen) atoms. The van der Waals surface area contributed by atoms with Crippen molar-refractivity contribution in [3.05, 3.63) is 28.5 Å². The van der Waals surface area contributed by atoms with Gasteiger partial charge in [-0.25, -0.2) is 9.18 Å². The molecule has 0 bridgehead atoms. The molecule has 0 saturated heterocycles. The zero-order chi connectivity index (χ0) is 16.8. The molecular formula is C16H23ClFNO3. The van der Waals surface area contributed by atoms with E-state index < -0.39 is 17.5 Å². The normalized spacial score (nSPS) is 11.2. The highest BCUT2D eigenvalue weighted by atomic mass is 35.5. The van der Waals surface area contributed by atoms with Crippen LogP contribution in [-0.2, 0) is 11.2 Å². The van der Waals surface area contributed by atoms with Crippen LogP contribution in [0.2, 0.25) is 5.02 Å². The minimum atomic E-state index is -0.517. The summed E-state index contributed by atoms with van der Waals surface area (Å²) >= 11 is 5.80. The molecule has 1 amide bonds. The van der Waals surface area contributed by atoms with Crippen LogP contribution in [0.3, 0.4) is 0 Å². The Balaban J connectivity index is 2.51. The summed E-state index contributed by atoms with van der Waals surface area (Å²) in [5, 5.41) is 2.75. The molecule has 1 aromatic carbocycles. The van der Waals surface area contributed by atoms with Gasteiger partial charge in [0, 0.05) is 12.6 Å². The quantitative estimate of drug-likeness (QED) is 0.789. The van der Waals surface area contributed by atoms with E-state index in [2.05, 4.69) is 5.32 Å². The van der Waals surface area contributed by atoms with Gasteiger partial charge >= 0.3 is 6.09 Å². The lowest BCUT2D eigenvalue weighted by atomic mass is 10.1. The first-order valence-electron chi connectivity index (χ1n) is 7.30. The smallest absolute Gasteiger partial charge is 0.407 e. The standard InChI is InChI=1S/C16H23ClFNO3/c1-5-21-14-10-13(18)12(17)9-11(14)7-6-8-19-15(20)22-16(2,3)4/h9-10H,5-8H2,1-4H3,(H,19,20). The van der Waals surface area contributed by atoms with Crippen molar-refractivity contribution in [3.8, 4) is 5.75 Å². The number of nitrogens with one attached hydrogen (secondary N) is 1. The van der Waals surface area contributed by atoms with E-state index in [0.29, 0.717) is 31.7 Å². The third-order valence-electron chi connectivity index (χ3n) is 2.69. The zero-order valence-electron chi connectivity index (χ0n) is 13.5. The van der Waals surface area contributed by atoms with Crippen LogP contribution in [0.4, 0.5) is 9.18 Å². The number of rotatable bonds is 6. The molecule has 0 heterocycles. The predicted octanol–water partition coefficient (Wildman–Crippen LogP) is 4.34. The van der Waals surface area contributed by atoms with Gasteiger partial charge < -0.3 is 14.8 Å². The third-order valence-corrected chi connectivity index (χ3v) is 2.98. The summed E-state index contributed by atoms with van der Waals surface area (Å²) in [5.41, 5.74) is 0.302. The first-order chi connectivity index (χ1) is 10.2. The van der Waals surface area contributed by atoms with Crippen LogP contribution >= 0.6 is 11.6 Å². The molecule has 0 spiro atoms. The van der Waals surface area contributed by atoms with Crippen molar-refractivity contribution in [1.82, 2.24) is 5.32 Å². The van der Waals surface area contributed by atoms with E-state index in [1.165, 1.54) is 6.07 Å². The minimum Gasteiger partial charge on any atom is -0.493 e. The summed E-state index contributed by atoms with van der Waals surface area (Å²) in [6.45, 7) is 8.16. The second-order valence-electron chi connectivity index (χ2n) is 5.84. The summed E-state index contributed by atoms with van der Waals surface area (Å²) in [4.78, 5) is 11.5. The van der Waals surface area contributed by atoms with Crippen LogP contribution in [0.5, 0.6) is 5.75 Å². The molecule has 0 fully saturated rings. The molecule has 0 aliphatic heterocycles. The van der Waals surface area contributed by atoms with Gasteiger partial charge in [-0.2, -0.15) is 0 Å². The average Bonchev–Trinajstić information content (AvgIpc) is 2.38. The molecule has 0 aliphatic carbocycles. The van der Waals surface area contributed by atoms with E-state index in [1.54, 1.807) is 6.07 Å². The molecule has 4 nitrogen and oxygen atoms in total. The molecule has 124 valence electrons. The van der Waals surface area contributed by atoms with Crippen molar-refractivity contribution < 1.29 is 18.7 Å². The van der Waals surface area contributed by atoms with Gasteiger partial charge in [0.15, 0.2) is 0 Å². The summed E-state index contributed by atoms with van der Waals surface area (Å²) in [5.74, 6) is -0.0117. The number of carbonyl (C=O) groups excluding carboxylic acids is 1. The number of aryl methyl sites for hydroxylation is 1. The number of carbonyl (C=O) groups is 1. The second kappa shape index (κ2) is 8.22. The topological polar surface area (TPSA) is 47.6 Å². The van der Waals surface area contributed by atoms with Crippen molar-refractivity contribution in [2.45, 2.75) is 46.1 Å². The molecule has 6 heteroatoms. The fourth-order valence-corrected chi connectivity index (χ4v) is 2.02. The van der Waals surface area contributed by atoms with Crippen LogP contribution in [0, 0.1) is 5.82 Å². The van der Waals surface area contributed by atoms with E-state index in [0.717, 1.165) is 5.56 Å². The average molecular weight is 332 g/mol. The lowest BCUT2D eigenvalue weighted by Gasteiger charge is -2.19. The molecule has 0 atom stereocenters. The molecular weight excluding hydrogens is 309 g/mol. The zero-order valence-corrected chi connectivity index (χ0v) is 14.2. The number of hydrogen-bond acceptors (Lipinski definition) is 3. The van der Waals surface area contributed by atoms with Crippen LogP contribution in [0.15, 0.2) is 12.1 Å². The lowest BCUT2D eigenvalue weighted by Crippen LogP contribution is -2.33. The second-order valence-corrected chi connectivity index (χ2v) is 6.25. The van der Waals surface area contributed by atoms with Gasteiger partial charge in [-0.1, -0.05) is 11.6 Å². The Morgan fingerprint density at radius 1 is 1.36 bits per heavy atom. The van der Waals surface area contributed by atoms with Crippen LogP contribution < -0.4 is 10.1 Å². The largest absolute Gasteiger partial charge is 0.493 e. The highest BCUT2D eigenvalue weighted by Crippen LogP contribution is 2.27. The van der Waals surface area contributed by atoms with Crippen molar-refractivity contribution in [2.24, 2.45) is 0 Å². The van der Waals surface area contributed by atoms with Crippen molar-refractivity contribution in [2.75, 3.05) is 13.2 Å². The number of alkyl carbamates (subject to hydrolysis) is 1. The Morgan fingerprint density at radius 3 is 2.64 bits per heavy atom. The molecule has 0 aromatic heterocycles. The van der Waals surface area contributed by atoms with Gasteiger partial charge in [-0.05, 0) is 52.2 Å². The molecule has 0 saturated carbocycles. The number of hydrogen-bond donors (Lipinski definition) is 1. The number of benzene rings is 1. The van der Waals surface area contributed by atoms with Gasteiger partial charge in [0.05, 0.1) is 11.6 Å². The molecule has 1 N–H and O–H groups in total. The van der Waals surface area contributed by atoms with E-state index in [4.69, 9.17) is 21.1 Å². The maximum Gasteiger partial charge on any atom is 0.407 e. The first-order valence-corrected chi connectivity index (χ1v) is 7.68. The van der Waals surface area contributed by atoms with Gasteiger partial charge in [-0.3, -0.25) is 0 Å². The SMILES string of the molecule is CCOc1cc(F)c(Cl)cc1CCCNC(=O)OC(C)(C)C. The third kappa shape index (κ3) is 6.52. The molecule has 0 aliphatic rings. The van der Waals surface area contributed by atoms with Crippen molar-refractivity contribution >= 4 is 17.7 Å². The Morgan fingerprint density at radius 2 is 2.05 bits per heavy atom. The lowest BCUT2D eigenvalue weighted by molar-refractivity contribution is 0.0527. The van der Waals surface area contributed by atoms with Gasteiger partial charge in [0.2, 0.25) is 0 Å². The van der Waals surface area contributed by atoms with E-state index in [-0.39, 0.29) is 5.02 Å². The fourth-order valence-electron chi connectivity index (χ4n) is 1.84. The molecule has 0 unspecified atom stereocenters. The maximum absolute atomic E-state index is 13.4. The number of halogens is 2. The van der Waals surface area contributed by atoms with Gasteiger partial charge in [0.1, 0.15) is 17.2 Å². The first kappa shape index (κ1) is 18.6. The Bertz CT molecular complexity index is 515. The minimum absolute atomic E-state index is 0.0681. The summed E-state index contributed by atoms with van der Waals surface area (Å²) in [7, 11) is 0. The van der Waals surface area contributed by atoms with Gasteiger partial charge in [0.25, 0.3) is 0 Å². The Kier molecular flexibility index (Phi) is 6.94. The van der Waals surface area contributed by atoms with E-state index in [1.807, 2.05) is 27.7 Å². The van der Waals surface area contributed by atoms with Crippen LogP contribution in [0.1, 0.15) is 39.7 Å². The highest BCUT2D eigenvalue weighted by Gasteiger charge is 2.15. The van der Waals surface area contributed by atoms with E-state index in [9.17, 15) is 9.18 Å². The molecule has 0 radical (unpaired) electrons. The summed E-state index contributed by atoms with van der Waals surface area (Å²) in [6.07, 6.45) is 0.835. The Hall–Kier alpha value is -1.49. The van der Waals surface area contributed by atoms with Crippen LogP contribution in [-0.4, -0.2) is 24.8 Å². The van der Waals surface area contributed by atoms with Crippen molar-refractivity contribution in [3.63, 3.8) is 0 Å². The fraction of sp³-hybridized carbons (Fsp3) is 0.562. The summed E-state index contributed by atoms with van der Waals surface area (Å²) in [6, 6.07) is 2.86. The van der Waals surface area contributed by atoms with Gasteiger partial charge in [-0.15, -0.1) is 0 Å². The number of amides is 1. The van der Waals surface area contributed by atoms with Crippen LogP contribution in [0.25, 0.3) is 0 Å². The maximum atomic E-state index is 13.4. The number of ether oxygens (including phenoxy) is 2.